The van der Waals surface area contributed by atoms with Crippen LogP contribution in [0.4, 0.5) is 0 Å². The molecule has 21 heavy (non-hydrogen) atoms. The minimum absolute atomic E-state index is 0.376. The van der Waals surface area contributed by atoms with Gasteiger partial charge < -0.3 is 4.90 Å². The molecule has 0 saturated carbocycles. The first kappa shape index (κ1) is 14.0. The lowest BCUT2D eigenvalue weighted by molar-refractivity contribution is -0.121. The molecule has 0 radical (unpaired) electrons. The van der Waals surface area contributed by atoms with Gasteiger partial charge in [0.2, 0.25) is 0 Å². The molecule has 0 N–H and O–H groups in total. The Hall–Kier alpha value is -1.93. The molecule has 0 unspecified atom stereocenters. The highest BCUT2D eigenvalue weighted by Crippen LogP contribution is 2.26. The van der Waals surface area contributed by atoms with E-state index in [2.05, 4.69) is 65.6 Å². The Morgan fingerprint density at radius 3 is 1.76 bits per heavy atom. The Kier molecular flexibility index (Phi) is 4.46. The minimum Gasteiger partial charge on any atom is -0.302 e. The third-order valence-corrected chi connectivity index (χ3v) is 4.26. The molecule has 1 heterocycles. The second kappa shape index (κ2) is 6.68. The van der Waals surface area contributed by atoms with Gasteiger partial charge in [-0.15, -0.1) is 0 Å². The zero-order chi connectivity index (χ0) is 14.5. The predicted molar refractivity (Wildman–Crippen MR) is 85.4 cm³/mol. The molecular formula is C19H21NO. The smallest absolute Gasteiger partial charge is 0.135 e. The molecule has 2 nitrogen and oxygen atoms in total. The molecule has 0 atom stereocenters. The Bertz CT molecular complexity index is 530. The molecule has 108 valence electrons. The van der Waals surface area contributed by atoms with Crippen molar-refractivity contribution in [2.75, 3.05) is 19.6 Å². The van der Waals surface area contributed by atoms with E-state index in [1.165, 1.54) is 11.1 Å². The number of carbonyl (C=O) groups excluding carboxylic acids is 1. The van der Waals surface area contributed by atoms with Crippen LogP contribution in [0.1, 0.15) is 29.9 Å². The standard InChI is InChI=1S/C19H21NO/c21-18-11-13-20(14-12-18)15-19(16-7-3-1-4-8-16)17-9-5-2-6-10-17/h1-10,19H,11-15H2. The van der Waals surface area contributed by atoms with E-state index in [4.69, 9.17) is 0 Å². The highest BCUT2D eigenvalue weighted by molar-refractivity contribution is 5.79. The van der Waals surface area contributed by atoms with Gasteiger partial charge in [0.15, 0.2) is 0 Å². The fourth-order valence-corrected chi connectivity index (χ4v) is 3.02. The summed E-state index contributed by atoms with van der Waals surface area (Å²) in [6, 6.07) is 21.3. The van der Waals surface area contributed by atoms with Gasteiger partial charge in [-0.2, -0.15) is 0 Å². The molecule has 1 aliphatic rings. The summed E-state index contributed by atoms with van der Waals surface area (Å²) in [5.74, 6) is 0.780. The van der Waals surface area contributed by atoms with Gasteiger partial charge in [0, 0.05) is 38.4 Å². The maximum Gasteiger partial charge on any atom is 0.135 e. The fourth-order valence-electron chi connectivity index (χ4n) is 3.02. The topological polar surface area (TPSA) is 20.3 Å². The molecule has 3 rings (SSSR count). The minimum atomic E-state index is 0.376. The Balaban J connectivity index is 1.81. The normalized spacial score (nSPS) is 16.3. The van der Waals surface area contributed by atoms with E-state index in [9.17, 15) is 4.79 Å². The lowest BCUT2D eigenvalue weighted by Crippen LogP contribution is -2.36. The van der Waals surface area contributed by atoms with E-state index in [0.29, 0.717) is 24.5 Å². The van der Waals surface area contributed by atoms with Gasteiger partial charge in [-0.3, -0.25) is 4.79 Å². The lowest BCUT2D eigenvalue weighted by Gasteiger charge is -2.30. The molecule has 0 bridgehead atoms. The molecule has 0 amide bonds. The molecular weight excluding hydrogens is 258 g/mol. The third-order valence-electron chi connectivity index (χ3n) is 4.26. The number of rotatable bonds is 4. The molecule has 2 aromatic carbocycles. The van der Waals surface area contributed by atoms with Crippen LogP contribution in [0.15, 0.2) is 60.7 Å². The predicted octanol–water partition coefficient (Wildman–Crippen LogP) is 3.48. The number of hydrogen-bond donors (Lipinski definition) is 0. The molecule has 0 aromatic heterocycles. The summed E-state index contributed by atoms with van der Waals surface area (Å²) in [7, 11) is 0. The van der Waals surface area contributed by atoms with Gasteiger partial charge in [-0.1, -0.05) is 60.7 Å². The maximum atomic E-state index is 11.4. The first-order valence-electron chi connectivity index (χ1n) is 7.67. The van der Waals surface area contributed by atoms with Gasteiger partial charge in [-0.25, -0.2) is 0 Å². The molecule has 1 fully saturated rings. The van der Waals surface area contributed by atoms with Crippen molar-refractivity contribution in [3.63, 3.8) is 0 Å². The summed E-state index contributed by atoms with van der Waals surface area (Å²) >= 11 is 0. The number of piperidine rings is 1. The molecule has 0 spiro atoms. The monoisotopic (exact) mass is 279 g/mol. The van der Waals surface area contributed by atoms with Crippen LogP contribution in [0.25, 0.3) is 0 Å². The van der Waals surface area contributed by atoms with Gasteiger partial charge in [0.05, 0.1) is 0 Å². The van der Waals surface area contributed by atoms with E-state index in [0.717, 1.165) is 19.6 Å². The van der Waals surface area contributed by atoms with Crippen molar-refractivity contribution in [1.82, 2.24) is 4.90 Å². The van der Waals surface area contributed by atoms with Gasteiger partial charge in [-0.05, 0) is 11.1 Å². The van der Waals surface area contributed by atoms with E-state index in [-0.39, 0.29) is 0 Å². The molecule has 2 heteroatoms. The van der Waals surface area contributed by atoms with Crippen molar-refractivity contribution in [3.05, 3.63) is 71.8 Å². The van der Waals surface area contributed by atoms with E-state index in [1.807, 2.05) is 0 Å². The van der Waals surface area contributed by atoms with Gasteiger partial charge in [0.25, 0.3) is 0 Å². The number of likely N-dealkylation sites (tertiary alicyclic amines) is 1. The summed E-state index contributed by atoms with van der Waals surface area (Å²) in [6.45, 7) is 2.78. The lowest BCUT2D eigenvalue weighted by atomic mass is 9.90. The Morgan fingerprint density at radius 1 is 0.810 bits per heavy atom. The SMILES string of the molecule is O=C1CCN(CC(c2ccccc2)c2ccccc2)CC1. The highest BCUT2D eigenvalue weighted by atomic mass is 16.1. The number of hydrogen-bond acceptors (Lipinski definition) is 2. The van der Waals surface area contributed by atoms with E-state index in [1.54, 1.807) is 0 Å². The summed E-state index contributed by atoms with van der Waals surface area (Å²) in [5.41, 5.74) is 2.70. The number of ketones is 1. The second-order valence-electron chi connectivity index (χ2n) is 5.71. The highest BCUT2D eigenvalue weighted by Gasteiger charge is 2.21. The first-order chi connectivity index (χ1) is 10.3. The summed E-state index contributed by atoms with van der Waals surface area (Å²) < 4.78 is 0. The number of Topliss-reactive ketones (excluding diaryl/α,β-unsaturated/α-hetero) is 1. The average molecular weight is 279 g/mol. The Labute approximate surface area is 126 Å². The van der Waals surface area contributed by atoms with Crippen molar-refractivity contribution in [2.45, 2.75) is 18.8 Å². The second-order valence-corrected chi connectivity index (χ2v) is 5.71. The van der Waals surface area contributed by atoms with Crippen LogP contribution in [0.3, 0.4) is 0 Å². The maximum absolute atomic E-state index is 11.4. The molecule has 1 aliphatic heterocycles. The van der Waals surface area contributed by atoms with Crippen LogP contribution in [-0.2, 0) is 4.79 Å². The quantitative estimate of drug-likeness (QED) is 0.854. The van der Waals surface area contributed by atoms with Crippen LogP contribution >= 0.6 is 0 Å². The number of carbonyl (C=O) groups is 1. The number of benzene rings is 2. The van der Waals surface area contributed by atoms with Crippen LogP contribution in [0, 0.1) is 0 Å². The zero-order valence-corrected chi connectivity index (χ0v) is 12.2. The summed E-state index contributed by atoms with van der Waals surface area (Å²) in [6.07, 6.45) is 1.41. The van der Waals surface area contributed by atoms with Crippen molar-refractivity contribution < 1.29 is 4.79 Å². The van der Waals surface area contributed by atoms with Crippen molar-refractivity contribution >= 4 is 5.78 Å². The number of nitrogens with zero attached hydrogens (tertiary/aromatic N) is 1. The van der Waals surface area contributed by atoms with Crippen LogP contribution in [-0.4, -0.2) is 30.3 Å². The average Bonchev–Trinajstić information content (AvgIpc) is 2.56. The van der Waals surface area contributed by atoms with Crippen molar-refractivity contribution in [2.24, 2.45) is 0 Å². The molecule has 1 saturated heterocycles. The van der Waals surface area contributed by atoms with E-state index < -0.39 is 0 Å². The largest absolute Gasteiger partial charge is 0.302 e. The van der Waals surface area contributed by atoms with Crippen LogP contribution in [0.5, 0.6) is 0 Å². The van der Waals surface area contributed by atoms with Gasteiger partial charge >= 0.3 is 0 Å². The van der Waals surface area contributed by atoms with Crippen molar-refractivity contribution in [3.8, 4) is 0 Å². The molecule has 0 aliphatic carbocycles. The van der Waals surface area contributed by atoms with Crippen molar-refractivity contribution in [1.29, 1.82) is 0 Å². The summed E-state index contributed by atoms with van der Waals surface area (Å²) in [4.78, 5) is 13.8. The van der Waals surface area contributed by atoms with E-state index >= 15 is 0 Å². The Morgan fingerprint density at radius 2 is 1.29 bits per heavy atom. The zero-order valence-electron chi connectivity index (χ0n) is 12.2. The van der Waals surface area contributed by atoms with Gasteiger partial charge in [0.1, 0.15) is 5.78 Å². The third kappa shape index (κ3) is 3.59. The summed E-state index contributed by atoms with van der Waals surface area (Å²) in [5, 5.41) is 0. The van der Waals surface area contributed by atoms with Crippen LogP contribution in [0.2, 0.25) is 0 Å². The molecule has 2 aromatic rings. The van der Waals surface area contributed by atoms with Crippen LogP contribution < -0.4 is 0 Å². The fraction of sp³-hybridized carbons (Fsp3) is 0.316. The first-order valence-corrected chi connectivity index (χ1v) is 7.67.